The predicted octanol–water partition coefficient (Wildman–Crippen LogP) is 4.11. The molecule has 0 bridgehead atoms. The van der Waals surface area contributed by atoms with Crippen LogP contribution in [0.15, 0.2) is 41.1 Å². The van der Waals surface area contributed by atoms with Gasteiger partial charge in [0.1, 0.15) is 5.75 Å². The van der Waals surface area contributed by atoms with Gasteiger partial charge in [0.2, 0.25) is 5.75 Å². The average Bonchev–Trinajstić information content (AvgIpc) is 2.39. The number of hydrogen-bond donors (Lipinski definition) is 0. The van der Waals surface area contributed by atoms with Crippen molar-refractivity contribution in [2.45, 2.75) is 13.3 Å². The zero-order valence-electron chi connectivity index (χ0n) is 10.2. The Kier molecular flexibility index (Phi) is 4.11. The van der Waals surface area contributed by atoms with E-state index in [2.05, 4.69) is 20.9 Å². The standard InChI is InChI=1S/C13H11BrN2O3/c1-2-9-3-4-13(12(5-9)16(17)18)19-11-6-10(14)7-15-8-11/h3-8H,2H2,1H3. The van der Waals surface area contributed by atoms with E-state index in [-0.39, 0.29) is 11.4 Å². The summed E-state index contributed by atoms with van der Waals surface area (Å²) in [4.78, 5) is 14.6. The minimum atomic E-state index is -0.445. The quantitative estimate of drug-likeness (QED) is 0.627. The van der Waals surface area contributed by atoms with Crippen molar-refractivity contribution in [1.82, 2.24) is 4.98 Å². The highest BCUT2D eigenvalue weighted by Crippen LogP contribution is 2.32. The van der Waals surface area contributed by atoms with Gasteiger partial charge in [-0.2, -0.15) is 0 Å². The van der Waals surface area contributed by atoms with Gasteiger partial charge in [-0.25, -0.2) is 0 Å². The Balaban J connectivity index is 2.36. The van der Waals surface area contributed by atoms with Gasteiger partial charge in [0, 0.05) is 16.7 Å². The van der Waals surface area contributed by atoms with Crippen molar-refractivity contribution in [2.24, 2.45) is 0 Å². The molecule has 0 saturated heterocycles. The highest BCUT2D eigenvalue weighted by molar-refractivity contribution is 9.10. The summed E-state index contributed by atoms with van der Waals surface area (Å²) >= 11 is 3.27. The van der Waals surface area contributed by atoms with Gasteiger partial charge in [0.05, 0.1) is 11.1 Å². The van der Waals surface area contributed by atoms with E-state index in [0.717, 1.165) is 16.5 Å². The van der Waals surface area contributed by atoms with Gasteiger partial charge in [-0.05, 0) is 40.0 Å². The number of nitro benzene ring substituents is 1. The fourth-order valence-corrected chi connectivity index (χ4v) is 1.93. The molecule has 0 fully saturated rings. The van der Waals surface area contributed by atoms with E-state index in [4.69, 9.17) is 4.74 Å². The molecule has 0 aliphatic rings. The van der Waals surface area contributed by atoms with E-state index in [1.165, 1.54) is 12.3 Å². The molecule has 0 aliphatic carbocycles. The summed E-state index contributed by atoms with van der Waals surface area (Å²) in [5.41, 5.74) is 0.853. The minimum Gasteiger partial charge on any atom is -0.448 e. The van der Waals surface area contributed by atoms with Crippen LogP contribution >= 0.6 is 15.9 Å². The van der Waals surface area contributed by atoms with Gasteiger partial charge in [0.25, 0.3) is 0 Å². The van der Waals surface area contributed by atoms with Gasteiger partial charge in [-0.15, -0.1) is 0 Å². The predicted molar refractivity (Wildman–Crippen MR) is 74.5 cm³/mol. The van der Waals surface area contributed by atoms with Crippen LogP contribution in [0.3, 0.4) is 0 Å². The highest BCUT2D eigenvalue weighted by Gasteiger charge is 2.16. The Hall–Kier alpha value is -1.95. The molecule has 1 aromatic heterocycles. The maximum absolute atomic E-state index is 11.0. The summed E-state index contributed by atoms with van der Waals surface area (Å²) in [6, 6.07) is 6.65. The molecule has 2 rings (SSSR count). The maximum Gasteiger partial charge on any atom is 0.311 e. The zero-order chi connectivity index (χ0) is 13.8. The van der Waals surface area contributed by atoms with Crippen molar-refractivity contribution in [1.29, 1.82) is 0 Å². The third-order valence-electron chi connectivity index (χ3n) is 2.54. The number of nitro groups is 1. The molecule has 6 heteroatoms. The van der Waals surface area contributed by atoms with E-state index >= 15 is 0 Å². The molecule has 5 nitrogen and oxygen atoms in total. The van der Waals surface area contributed by atoms with Gasteiger partial charge < -0.3 is 4.74 Å². The molecule has 0 unspecified atom stereocenters. The lowest BCUT2D eigenvalue weighted by molar-refractivity contribution is -0.385. The first-order valence-corrected chi connectivity index (χ1v) is 6.45. The van der Waals surface area contributed by atoms with Crippen LogP contribution in [0.1, 0.15) is 12.5 Å². The van der Waals surface area contributed by atoms with Crippen LogP contribution in [-0.2, 0) is 6.42 Å². The van der Waals surface area contributed by atoms with E-state index in [0.29, 0.717) is 5.75 Å². The summed E-state index contributed by atoms with van der Waals surface area (Å²) in [5.74, 6) is 0.656. The van der Waals surface area contributed by atoms with Crippen LogP contribution in [0.2, 0.25) is 0 Å². The normalized spacial score (nSPS) is 10.2. The SMILES string of the molecule is CCc1ccc(Oc2cncc(Br)c2)c([N+](=O)[O-])c1. The van der Waals surface area contributed by atoms with Crippen molar-refractivity contribution in [3.63, 3.8) is 0 Å². The van der Waals surface area contributed by atoms with Crippen molar-refractivity contribution in [3.05, 3.63) is 56.8 Å². The second kappa shape index (κ2) is 5.79. The molecular formula is C13H11BrN2O3. The second-order valence-electron chi connectivity index (χ2n) is 3.85. The number of hydrogen-bond acceptors (Lipinski definition) is 4. The van der Waals surface area contributed by atoms with Gasteiger partial charge in [-0.3, -0.25) is 15.1 Å². The molecule has 0 aliphatic heterocycles. The first-order chi connectivity index (χ1) is 9.10. The van der Waals surface area contributed by atoms with Crippen LogP contribution < -0.4 is 4.74 Å². The van der Waals surface area contributed by atoms with Crippen molar-refractivity contribution in [3.8, 4) is 11.5 Å². The van der Waals surface area contributed by atoms with E-state index in [1.807, 2.05) is 13.0 Å². The number of halogens is 1. The van der Waals surface area contributed by atoms with Crippen LogP contribution in [0, 0.1) is 10.1 Å². The van der Waals surface area contributed by atoms with Crippen LogP contribution in [0.5, 0.6) is 11.5 Å². The maximum atomic E-state index is 11.0. The average molecular weight is 323 g/mol. The summed E-state index contributed by atoms with van der Waals surface area (Å²) in [7, 11) is 0. The molecule has 0 atom stereocenters. The van der Waals surface area contributed by atoms with E-state index < -0.39 is 4.92 Å². The largest absolute Gasteiger partial charge is 0.448 e. The summed E-state index contributed by atoms with van der Waals surface area (Å²) < 4.78 is 6.26. The Morgan fingerprint density at radius 1 is 1.37 bits per heavy atom. The number of nitrogens with zero attached hydrogens (tertiary/aromatic N) is 2. The molecule has 0 radical (unpaired) electrons. The van der Waals surface area contributed by atoms with Crippen LogP contribution in [-0.4, -0.2) is 9.91 Å². The summed E-state index contributed by atoms with van der Waals surface area (Å²) in [6.45, 7) is 1.94. The van der Waals surface area contributed by atoms with E-state index in [9.17, 15) is 10.1 Å². The van der Waals surface area contributed by atoms with Gasteiger partial charge in [0.15, 0.2) is 0 Å². The van der Waals surface area contributed by atoms with Crippen molar-refractivity contribution in [2.75, 3.05) is 0 Å². The molecule has 0 spiro atoms. The van der Waals surface area contributed by atoms with Crippen molar-refractivity contribution >= 4 is 21.6 Å². The molecule has 1 aromatic carbocycles. The Bertz CT molecular complexity index is 617. The third kappa shape index (κ3) is 3.29. The second-order valence-corrected chi connectivity index (χ2v) is 4.77. The summed E-state index contributed by atoms with van der Waals surface area (Å²) in [6.07, 6.45) is 3.85. The number of ether oxygens (including phenoxy) is 1. The first-order valence-electron chi connectivity index (χ1n) is 5.66. The minimum absolute atomic E-state index is 0.0423. The lowest BCUT2D eigenvalue weighted by atomic mass is 10.1. The Morgan fingerprint density at radius 3 is 2.79 bits per heavy atom. The van der Waals surface area contributed by atoms with Gasteiger partial charge >= 0.3 is 5.69 Å². The number of benzene rings is 1. The van der Waals surface area contributed by atoms with Gasteiger partial charge in [-0.1, -0.05) is 13.0 Å². The van der Waals surface area contributed by atoms with E-state index in [1.54, 1.807) is 18.3 Å². The summed E-state index contributed by atoms with van der Waals surface area (Å²) in [5, 5.41) is 11.0. The fourth-order valence-electron chi connectivity index (χ4n) is 1.59. The molecule has 1 heterocycles. The smallest absolute Gasteiger partial charge is 0.311 e. The zero-order valence-corrected chi connectivity index (χ0v) is 11.8. The molecule has 98 valence electrons. The fraction of sp³-hybridized carbons (Fsp3) is 0.154. The molecule has 0 saturated carbocycles. The van der Waals surface area contributed by atoms with Crippen LogP contribution in [0.25, 0.3) is 0 Å². The molecule has 0 amide bonds. The third-order valence-corrected chi connectivity index (χ3v) is 2.97. The topological polar surface area (TPSA) is 65.3 Å². The number of pyridine rings is 1. The van der Waals surface area contributed by atoms with Crippen LogP contribution in [0.4, 0.5) is 5.69 Å². The molecular weight excluding hydrogens is 312 g/mol. The highest BCUT2D eigenvalue weighted by atomic mass is 79.9. The Morgan fingerprint density at radius 2 is 2.16 bits per heavy atom. The lowest BCUT2D eigenvalue weighted by Crippen LogP contribution is -1.95. The monoisotopic (exact) mass is 322 g/mol. The number of rotatable bonds is 4. The number of aromatic nitrogens is 1. The molecule has 2 aromatic rings. The number of aryl methyl sites for hydroxylation is 1. The molecule has 19 heavy (non-hydrogen) atoms. The Labute approximate surface area is 118 Å². The first kappa shape index (κ1) is 13.5. The molecule has 0 N–H and O–H groups in total. The van der Waals surface area contributed by atoms with Crippen molar-refractivity contribution < 1.29 is 9.66 Å². The lowest BCUT2D eigenvalue weighted by Gasteiger charge is -2.07.